The number of amides is 1. The zero-order valence-corrected chi connectivity index (χ0v) is 11.7. The van der Waals surface area contributed by atoms with Crippen LogP contribution in [-0.4, -0.2) is 36.2 Å². The number of carbonyl (C=O) groups excluding carboxylic acids is 1. The minimum atomic E-state index is -1.03. The lowest BCUT2D eigenvalue weighted by Crippen LogP contribution is -2.38. The molecule has 110 valence electrons. The normalized spacial score (nSPS) is 11.8. The van der Waals surface area contributed by atoms with E-state index in [4.69, 9.17) is 9.84 Å². The number of hydrogen-bond acceptors (Lipinski definition) is 3. The molecule has 0 spiro atoms. The highest BCUT2D eigenvalue weighted by atomic mass is 16.5. The summed E-state index contributed by atoms with van der Waals surface area (Å²) in [6.45, 7) is 2.56. The maximum Gasteiger partial charge on any atom is 0.325 e. The van der Waals surface area contributed by atoms with Gasteiger partial charge in [0, 0.05) is 13.0 Å². The second-order valence-corrected chi connectivity index (χ2v) is 4.58. The van der Waals surface area contributed by atoms with E-state index < -0.39 is 12.0 Å². The maximum absolute atomic E-state index is 11.4. The Morgan fingerprint density at radius 1 is 1.25 bits per heavy atom. The fourth-order valence-corrected chi connectivity index (χ4v) is 1.65. The molecule has 0 aliphatic rings. The van der Waals surface area contributed by atoms with Crippen LogP contribution in [0.4, 0.5) is 0 Å². The van der Waals surface area contributed by atoms with Crippen molar-refractivity contribution < 1.29 is 19.4 Å². The van der Waals surface area contributed by atoms with Gasteiger partial charge in [-0.25, -0.2) is 0 Å². The Kier molecular flexibility index (Phi) is 7.35. The number of carboxylic acid groups (broad SMARTS) is 1. The molecule has 0 unspecified atom stereocenters. The SMILES string of the molecule is C[C@@H](NC(=O)CCCOCCc1ccccc1)C(=O)O. The van der Waals surface area contributed by atoms with Crippen LogP contribution in [0.15, 0.2) is 30.3 Å². The van der Waals surface area contributed by atoms with Crippen molar-refractivity contribution >= 4 is 11.9 Å². The van der Waals surface area contributed by atoms with Crippen LogP contribution in [0.25, 0.3) is 0 Å². The molecule has 1 aromatic rings. The maximum atomic E-state index is 11.4. The molecule has 1 atom stereocenters. The summed E-state index contributed by atoms with van der Waals surface area (Å²) in [5, 5.41) is 11.0. The topological polar surface area (TPSA) is 75.6 Å². The fourth-order valence-electron chi connectivity index (χ4n) is 1.65. The lowest BCUT2D eigenvalue weighted by Gasteiger charge is -2.09. The van der Waals surface area contributed by atoms with E-state index in [-0.39, 0.29) is 12.3 Å². The predicted octanol–water partition coefficient (Wildman–Crippen LogP) is 1.62. The molecule has 0 aliphatic carbocycles. The molecule has 1 amide bonds. The summed E-state index contributed by atoms with van der Waals surface area (Å²) in [7, 11) is 0. The van der Waals surface area contributed by atoms with Crippen molar-refractivity contribution in [2.45, 2.75) is 32.2 Å². The van der Waals surface area contributed by atoms with Crippen LogP contribution in [0, 0.1) is 0 Å². The van der Waals surface area contributed by atoms with Gasteiger partial charge in [0.2, 0.25) is 5.91 Å². The summed E-state index contributed by atoms with van der Waals surface area (Å²) in [4.78, 5) is 21.9. The second-order valence-electron chi connectivity index (χ2n) is 4.58. The average molecular weight is 279 g/mol. The summed E-state index contributed by atoms with van der Waals surface area (Å²) in [6, 6.07) is 9.20. The molecule has 1 aromatic carbocycles. The molecule has 0 heterocycles. The molecule has 0 saturated heterocycles. The van der Waals surface area contributed by atoms with Crippen molar-refractivity contribution in [2.24, 2.45) is 0 Å². The second kappa shape index (κ2) is 9.09. The van der Waals surface area contributed by atoms with Crippen LogP contribution in [0.5, 0.6) is 0 Å². The number of benzene rings is 1. The van der Waals surface area contributed by atoms with Crippen LogP contribution in [0.1, 0.15) is 25.3 Å². The summed E-state index contributed by atoms with van der Waals surface area (Å²) in [6.07, 6.45) is 1.72. The van der Waals surface area contributed by atoms with Crippen LogP contribution < -0.4 is 5.32 Å². The molecule has 1 rings (SSSR count). The van der Waals surface area contributed by atoms with Crippen molar-refractivity contribution in [1.82, 2.24) is 5.32 Å². The van der Waals surface area contributed by atoms with E-state index in [1.54, 1.807) is 0 Å². The molecule has 5 heteroatoms. The number of aliphatic carboxylic acids is 1. The molecule has 20 heavy (non-hydrogen) atoms. The van der Waals surface area contributed by atoms with Crippen molar-refractivity contribution in [3.05, 3.63) is 35.9 Å². The summed E-state index contributed by atoms with van der Waals surface area (Å²) in [5.41, 5.74) is 1.22. The molecular weight excluding hydrogens is 258 g/mol. The van der Waals surface area contributed by atoms with Crippen molar-refractivity contribution in [3.63, 3.8) is 0 Å². The lowest BCUT2D eigenvalue weighted by atomic mass is 10.2. The molecule has 0 aliphatic heterocycles. The standard InChI is InChI=1S/C15H21NO4/c1-12(15(18)19)16-14(17)8-5-10-20-11-9-13-6-3-2-4-7-13/h2-4,6-7,12H,5,8-11H2,1H3,(H,16,17)(H,18,19)/t12-/m1/s1. The number of nitrogens with one attached hydrogen (secondary N) is 1. The third-order valence-electron chi connectivity index (χ3n) is 2.82. The van der Waals surface area contributed by atoms with E-state index >= 15 is 0 Å². The van der Waals surface area contributed by atoms with E-state index in [9.17, 15) is 9.59 Å². The molecule has 5 nitrogen and oxygen atoms in total. The molecule has 2 N–H and O–H groups in total. The van der Waals surface area contributed by atoms with Gasteiger partial charge in [-0.15, -0.1) is 0 Å². The number of hydrogen-bond donors (Lipinski definition) is 2. The molecule has 0 radical (unpaired) electrons. The third kappa shape index (κ3) is 6.89. The molecule has 0 bridgehead atoms. The Bertz CT molecular complexity index is 419. The van der Waals surface area contributed by atoms with Gasteiger partial charge in [-0.1, -0.05) is 30.3 Å². The Hall–Kier alpha value is -1.88. The first-order valence-electron chi connectivity index (χ1n) is 6.73. The van der Waals surface area contributed by atoms with Gasteiger partial charge in [0.1, 0.15) is 6.04 Å². The van der Waals surface area contributed by atoms with Crippen LogP contribution in [0.3, 0.4) is 0 Å². The fraction of sp³-hybridized carbons (Fsp3) is 0.467. The third-order valence-corrected chi connectivity index (χ3v) is 2.82. The first-order chi connectivity index (χ1) is 9.59. The molecule has 0 saturated carbocycles. The minimum Gasteiger partial charge on any atom is -0.480 e. The van der Waals surface area contributed by atoms with Gasteiger partial charge in [-0.2, -0.15) is 0 Å². The zero-order chi connectivity index (χ0) is 14.8. The molecule has 0 aromatic heterocycles. The van der Waals surface area contributed by atoms with Gasteiger partial charge in [0.05, 0.1) is 6.61 Å². The van der Waals surface area contributed by atoms with Crippen molar-refractivity contribution in [2.75, 3.05) is 13.2 Å². The van der Waals surface area contributed by atoms with E-state index in [0.717, 1.165) is 6.42 Å². The van der Waals surface area contributed by atoms with Gasteiger partial charge in [0.25, 0.3) is 0 Å². The molecule has 0 fully saturated rings. The van der Waals surface area contributed by atoms with Gasteiger partial charge in [0.15, 0.2) is 0 Å². The van der Waals surface area contributed by atoms with Crippen LogP contribution >= 0.6 is 0 Å². The highest BCUT2D eigenvalue weighted by Crippen LogP contribution is 2.00. The number of ether oxygens (including phenoxy) is 1. The van der Waals surface area contributed by atoms with Gasteiger partial charge in [-0.3, -0.25) is 9.59 Å². The van der Waals surface area contributed by atoms with E-state index in [1.807, 2.05) is 30.3 Å². The zero-order valence-electron chi connectivity index (χ0n) is 11.7. The lowest BCUT2D eigenvalue weighted by molar-refractivity contribution is -0.141. The Morgan fingerprint density at radius 2 is 1.95 bits per heavy atom. The van der Waals surface area contributed by atoms with Crippen molar-refractivity contribution in [3.8, 4) is 0 Å². The minimum absolute atomic E-state index is 0.258. The van der Waals surface area contributed by atoms with Crippen molar-refractivity contribution in [1.29, 1.82) is 0 Å². The highest BCUT2D eigenvalue weighted by molar-refractivity contribution is 5.83. The van der Waals surface area contributed by atoms with Gasteiger partial charge >= 0.3 is 5.97 Å². The molecular formula is C15H21NO4. The summed E-state index contributed by atoms with van der Waals surface area (Å²) < 4.78 is 5.44. The first-order valence-corrected chi connectivity index (χ1v) is 6.73. The van der Waals surface area contributed by atoms with E-state index in [2.05, 4.69) is 5.32 Å². The Morgan fingerprint density at radius 3 is 2.60 bits per heavy atom. The first kappa shape index (κ1) is 16.2. The van der Waals surface area contributed by atoms with Gasteiger partial charge in [-0.05, 0) is 25.3 Å². The van der Waals surface area contributed by atoms with E-state index in [0.29, 0.717) is 19.6 Å². The largest absolute Gasteiger partial charge is 0.480 e. The number of rotatable bonds is 9. The Balaban J connectivity index is 2.02. The highest BCUT2D eigenvalue weighted by Gasteiger charge is 2.13. The van der Waals surface area contributed by atoms with Crippen LogP contribution in [-0.2, 0) is 20.7 Å². The quantitative estimate of drug-likeness (QED) is 0.673. The van der Waals surface area contributed by atoms with Crippen LogP contribution in [0.2, 0.25) is 0 Å². The summed E-state index contributed by atoms with van der Waals surface area (Å²) >= 11 is 0. The van der Waals surface area contributed by atoms with E-state index in [1.165, 1.54) is 12.5 Å². The number of carboxylic acids is 1. The monoisotopic (exact) mass is 279 g/mol. The smallest absolute Gasteiger partial charge is 0.325 e. The average Bonchev–Trinajstić information content (AvgIpc) is 2.43. The predicted molar refractivity (Wildman–Crippen MR) is 75.4 cm³/mol. The number of carbonyl (C=O) groups is 2. The van der Waals surface area contributed by atoms with Gasteiger partial charge < -0.3 is 15.2 Å². The Labute approximate surface area is 118 Å². The summed E-state index contributed by atoms with van der Waals surface area (Å²) in [5.74, 6) is -1.29.